The lowest BCUT2D eigenvalue weighted by molar-refractivity contribution is -0.123. The van der Waals surface area contributed by atoms with Crippen LogP contribution in [0.2, 0.25) is 0 Å². The minimum atomic E-state index is -0.242. The van der Waals surface area contributed by atoms with Gasteiger partial charge in [0.15, 0.2) is 0 Å². The molecule has 33 heavy (non-hydrogen) atoms. The maximum Gasteiger partial charge on any atom is 0.270 e. The van der Waals surface area contributed by atoms with Crippen LogP contribution in [0.3, 0.4) is 0 Å². The Bertz CT molecular complexity index is 1080. The molecule has 0 radical (unpaired) electrons. The summed E-state index contributed by atoms with van der Waals surface area (Å²) in [5.74, 6) is 0.698. The number of nitriles is 1. The number of pyridine rings is 1. The number of carbonyl (C=O) groups excluding carboxylic acids is 1. The molecule has 3 saturated heterocycles. The molecule has 3 aliphatic rings. The summed E-state index contributed by atoms with van der Waals surface area (Å²) in [6.07, 6.45) is 7.71. The van der Waals surface area contributed by atoms with Crippen molar-refractivity contribution in [2.75, 3.05) is 31.1 Å². The van der Waals surface area contributed by atoms with Crippen molar-refractivity contribution in [1.82, 2.24) is 9.47 Å². The molecular weight excluding hydrogens is 456 g/mol. The predicted octanol–water partition coefficient (Wildman–Crippen LogP) is 3.81. The van der Waals surface area contributed by atoms with Gasteiger partial charge in [0.25, 0.3) is 11.5 Å². The van der Waals surface area contributed by atoms with Gasteiger partial charge in [-0.15, -0.1) is 0 Å². The highest BCUT2D eigenvalue weighted by atomic mass is 32.2. The van der Waals surface area contributed by atoms with Crippen molar-refractivity contribution in [3.05, 3.63) is 31.9 Å². The molecular formula is C24H30N4O3S2. The highest BCUT2D eigenvalue weighted by Crippen LogP contribution is 2.37. The number of thiocarbonyl (C=S) groups is 1. The second kappa shape index (κ2) is 10.4. The number of amides is 1. The van der Waals surface area contributed by atoms with E-state index in [-0.39, 0.29) is 23.1 Å². The topological polar surface area (TPSA) is 78.6 Å². The van der Waals surface area contributed by atoms with E-state index in [0.29, 0.717) is 27.9 Å². The first-order valence-corrected chi connectivity index (χ1v) is 13.0. The maximum atomic E-state index is 13.3. The summed E-state index contributed by atoms with van der Waals surface area (Å²) >= 11 is 6.81. The van der Waals surface area contributed by atoms with Crippen molar-refractivity contribution in [3.63, 3.8) is 0 Å². The van der Waals surface area contributed by atoms with E-state index >= 15 is 0 Å². The summed E-state index contributed by atoms with van der Waals surface area (Å²) in [5.41, 5.74) is 1.31. The standard InChI is InChI=1S/C24H30N4O3S2/c1-3-4-11-27-21(26-9-5-6-10-26)18(16(2)19(14-25)22(27)29)13-20-23(30)28(24(32)33-20)15-17-8-7-12-31-17/h13,17H,3-12,15H2,1-2H3. The lowest BCUT2D eigenvalue weighted by atomic mass is 10.0. The molecule has 0 aliphatic carbocycles. The lowest BCUT2D eigenvalue weighted by Crippen LogP contribution is -2.35. The van der Waals surface area contributed by atoms with E-state index in [1.165, 1.54) is 11.8 Å². The Hall–Kier alpha value is -2.15. The molecule has 1 aromatic heterocycles. The van der Waals surface area contributed by atoms with E-state index < -0.39 is 0 Å². The largest absolute Gasteiger partial charge is 0.376 e. The summed E-state index contributed by atoms with van der Waals surface area (Å²) in [5, 5.41) is 9.77. The highest BCUT2D eigenvalue weighted by molar-refractivity contribution is 8.26. The third-order valence-corrected chi connectivity index (χ3v) is 7.92. The Morgan fingerprint density at radius 3 is 2.67 bits per heavy atom. The molecule has 0 N–H and O–H groups in total. The normalized spacial score (nSPS) is 22.1. The van der Waals surface area contributed by atoms with Gasteiger partial charge >= 0.3 is 0 Å². The average Bonchev–Trinajstić information content (AvgIpc) is 3.55. The van der Waals surface area contributed by atoms with Crippen LogP contribution in [0.1, 0.15) is 62.1 Å². The van der Waals surface area contributed by atoms with E-state index in [1.54, 1.807) is 9.47 Å². The number of anilines is 1. The Labute approximate surface area is 204 Å². The molecule has 0 aromatic carbocycles. The molecule has 4 rings (SSSR count). The van der Waals surface area contributed by atoms with Crippen LogP contribution >= 0.6 is 24.0 Å². The zero-order chi connectivity index (χ0) is 23.5. The van der Waals surface area contributed by atoms with E-state index in [4.69, 9.17) is 17.0 Å². The molecule has 3 aliphatic heterocycles. The number of hydrogen-bond donors (Lipinski definition) is 0. The molecule has 3 fully saturated rings. The Balaban J connectivity index is 1.79. The first-order valence-electron chi connectivity index (χ1n) is 11.8. The quantitative estimate of drug-likeness (QED) is 0.428. The molecule has 1 aromatic rings. The minimum absolute atomic E-state index is 0.0230. The third kappa shape index (κ3) is 4.75. The van der Waals surface area contributed by atoms with Crippen LogP contribution < -0.4 is 10.5 Å². The summed E-state index contributed by atoms with van der Waals surface area (Å²) in [7, 11) is 0. The molecule has 1 atom stereocenters. The van der Waals surface area contributed by atoms with Crippen molar-refractivity contribution in [2.45, 2.75) is 65.0 Å². The van der Waals surface area contributed by atoms with Gasteiger partial charge in [-0.25, -0.2) is 0 Å². The van der Waals surface area contributed by atoms with Crippen LogP contribution in [0.25, 0.3) is 6.08 Å². The average molecular weight is 487 g/mol. The van der Waals surface area contributed by atoms with Crippen molar-refractivity contribution in [3.8, 4) is 6.07 Å². The number of ether oxygens (including phenoxy) is 1. The molecule has 0 saturated carbocycles. The number of hydrogen-bond acceptors (Lipinski definition) is 7. The Morgan fingerprint density at radius 1 is 1.27 bits per heavy atom. The number of carbonyl (C=O) groups is 1. The third-order valence-electron chi connectivity index (χ3n) is 6.55. The maximum absolute atomic E-state index is 13.3. The number of rotatable bonds is 7. The van der Waals surface area contributed by atoms with Gasteiger partial charge in [-0.2, -0.15) is 5.26 Å². The molecule has 1 unspecified atom stereocenters. The summed E-state index contributed by atoms with van der Waals surface area (Å²) in [6, 6.07) is 2.11. The zero-order valence-electron chi connectivity index (χ0n) is 19.3. The molecule has 0 spiro atoms. The fourth-order valence-electron chi connectivity index (χ4n) is 4.72. The van der Waals surface area contributed by atoms with Gasteiger partial charge < -0.3 is 9.64 Å². The van der Waals surface area contributed by atoms with Crippen molar-refractivity contribution < 1.29 is 9.53 Å². The van der Waals surface area contributed by atoms with Crippen molar-refractivity contribution in [1.29, 1.82) is 5.26 Å². The highest BCUT2D eigenvalue weighted by Gasteiger charge is 2.35. The zero-order valence-corrected chi connectivity index (χ0v) is 20.9. The second-order valence-corrected chi connectivity index (χ2v) is 10.5. The van der Waals surface area contributed by atoms with Crippen LogP contribution in [0.5, 0.6) is 0 Å². The second-order valence-electron chi connectivity index (χ2n) is 8.78. The van der Waals surface area contributed by atoms with Gasteiger partial charge in [-0.1, -0.05) is 37.3 Å². The molecule has 0 bridgehead atoms. The Morgan fingerprint density at radius 2 is 2.03 bits per heavy atom. The molecule has 9 heteroatoms. The van der Waals surface area contributed by atoms with E-state index in [2.05, 4.69) is 17.9 Å². The van der Waals surface area contributed by atoms with Crippen molar-refractivity contribution >= 4 is 46.1 Å². The van der Waals surface area contributed by atoms with E-state index in [0.717, 1.165) is 69.6 Å². The molecule has 176 valence electrons. The molecule has 1 amide bonds. The SMILES string of the molecule is CCCCn1c(N2CCCC2)c(C=C2SC(=S)N(CC3CCCO3)C2=O)c(C)c(C#N)c1=O. The number of nitrogens with zero attached hydrogens (tertiary/aromatic N) is 4. The van der Waals surface area contributed by atoms with Crippen LogP contribution in [0, 0.1) is 18.3 Å². The van der Waals surface area contributed by atoms with Gasteiger partial charge in [-0.05, 0) is 50.7 Å². The van der Waals surface area contributed by atoms with Crippen molar-refractivity contribution in [2.24, 2.45) is 0 Å². The molecule has 7 nitrogen and oxygen atoms in total. The first-order chi connectivity index (χ1) is 16.0. The summed E-state index contributed by atoms with van der Waals surface area (Å²) in [6.45, 7) is 7.36. The first kappa shape index (κ1) is 24.0. The summed E-state index contributed by atoms with van der Waals surface area (Å²) in [4.78, 5) is 30.9. The minimum Gasteiger partial charge on any atom is -0.376 e. The fourth-order valence-corrected chi connectivity index (χ4v) is 5.97. The lowest BCUT2D eigenvalue weighted by Gasteiger charge is -2.27. The fraction of sp³-hybridized carbons (Fsp3) is 0.583. The number of aromatic nitrogens is 1. The number of unbranched alkanes of at least 4 members (excludes halogenated alkanes) is 1. The van der Waals surface area contributed by atoms with Gasteiger partial charge in [0.05, 0.1) is 17.6 Å². The monoisotopic (exact) mass is 486 g/mol. The Kier molecular flexibility index (Phi) is 7.57. The number of thioether (sulfide) groups is 1. The van der Waals surface area contributed by atoms with Crippen LogP contribution in [0.4, 0.5) is 5.82 Å². The van der Waals surface area contributed by atoms with Crippen LogP contribution in [0.15, 0.2) is 9.70 Å². The van der Waals surface area contributed by atoms with Gasteiger partial charge in [0.1, 0.15) is 21.8 Å². The van der Waals surface area contributed by atoms with Gasteiger partial charge in [0.2, 0.25) is 0 Å². The molecule has 4 heterocycles. The van der Waals surface area contributed by atoms with E-state index in [1.807, 2.05) is 13.0 Å². The van der Waals surface area contributed by atoms with Gasteiger partial charge in [0, 0.05) is 31.8 Å². The van der Waals surface area contributed by atoms with E-state index in [9.17, 15) is 14.9 Å². The van der Waals surface area contributed by atoms with Gasteiger partial charge in [-0.3, -0.25) is 19.1 Å². The predicted molar refractivity (Wildman–Crippen MR) is 135 cm³/mol. The smallest absolute Gasteiger partial charge is 0.270 e. The summed E-state index contributed by atoms with van der Waals surface area (Å²) < 4.78 is 7.98. The van der Waals surface area contributed by atoms with Crippen LogP contribution in [-0.4, -0.2) is 52.0 Å². The van der Waals surface area contributed by atoms with Crippen LogP contribution in [-0.2, 0) is 16.1 Å².